The molecule has 14 nitrogen and oxygen atoms in total. The van der Waals surface area contributed by atoms with Crippen LogP contribution in [0.1, 0.15) is 34.2 Å². The van der Waals surface area contributed by atoms with E-state index in [0.717, 1.165) is 11.1 Å². The van der Waals surface area contributed by atoms with E-state index in [4.69, 9.17) is 24.6 Å². The Morgan fingerprint density at radius 3 is 2.65 bits per heavy atom. The number of nitrogens with zero attached hydrogens (tertiary/aromatic N) is 7. The van der Waals surface area contributed by atoms with Gasteiger partial charge in [0.2, 0.25) is 11.6 Å². The van der Waals surface area contributed by atoms with Crippen LogP contribution in [0.5, 0.6) is 11.5 Å². The first-order valence-electron chi connectivity index (χ1n) is 12.6. The number of hydrogen-bond acceptors (Lipinski definition) is 12. The molecular weight excluding hydrogens is 518 g/mol. The van der Waals surface area contributed by atoms with E-state index in [1.807, 2.05) is 36.4 Å². The Morgan fingerprint density at radius 2 is 1.93 bits per heavy atom. The molecule has 0 bridgehead atoms. The van der Waals surface area contributed by atoms with Crippen LogP contribution in [-0.4, -0.2) is 75.2 Å². The summed E-state index contributed by atoms with van der Waals surface area (Å²) < 4.78 is 22.8. The second-order valence-corrected chi connectivity index (χ2v) is 8.94. The van der Waals surface area contributed by atoms with Crippen molar-refractivity contribution in [3.63, 3.8) is 0 Å². The van der Waals surface area contributed by atoms with E-state index in [1.165, 1.54) is 4.68 Å². The van der Waals surface area contributed by atoms with Crippen molar-refractivity contribution >= 4 is 17.4 Å². The van der Waals surface area contributed by atoms with Gasteiger partial charge in [0.05, 0.1) is 26.0 Å². The molecule has 208 valence electrons. The molecule has 0 aliphatic carbocycles. The number of aromatic nitrogens is 5. The molecule has 14 heteroatoms. The summed E-state index contributed by atoms with van der Waals surface area (Å²) in [5.41, 5.74) is 11.3. The predicted octanol–water partition coefficient (Wildman–Crippen LogP) is 1.81. The van der Waals surface area contributed by atoms with Crippen LogP contribution < -0.4 is 20.6 Å². The van der Waals surface area contributed by atoms with Gasteiger partial charge in [0.1, 0.15) is 12.3 Å². The average molecular weight is 548 g/mol. The van der Waals surface area contributed by atoms with E-state index in [1.54, 1.807) is 26.2 Å². The van der Waals surface area contributed by atoms with Crippen LogP contribution in [0, 0.1) is 0 Å². The van der Waals surface area contributed by atoms with Gasteiger partial charge in [0, 0.05) is 25.2 Å². The highest BCUT2D eigenvalue weighted by Gasteiger charge is 2.27. The third-order valence-electron chi connectivity index (χ3n) is 6.27. The largest absolute Gasteiger partial charge is 0.493 e. The normalized spacial score (nSPS) is 14.2. The van der Waals surface area contributed by atoms with Crippen molar-refractivity contribution in [2.45, 2.75) is 20.1 Å². The van der Waals surface area contributed by atoms with Crippen molar-refractivity contribution < 1.29 is 23.6 Å². The first-order chi connectivity index (χ1) is 19.5. The van der Waals surface area contributed by atoms with Crippen LogP contribution in [0.25, 0.3) is 5.82 Å². The van der Waals surface area contributed by atoms with Gasteiger partial charge >= 0.3 is 0 Å². The lowest BCUT2D eigenvalue weighted by molar-refractivity contribution is 0.0335. The summed E-state index contributed by atoms with van der Waals surface area (Å²) in [5.74, 6) is 0.609. The van der Waals surface area contributed by atoms with Gasteiger partial charge in [0.25, 0.3) is 5.91 Å². The molecule has 3 N–H and O–H groups in total. The molecule has 1 fully saturated rings. The highest BCUT2D eigenvalue weighted by molar-refractivity contribution is 6.01. The minimum Gasteiger partial charge on any atom is -0.493 e. The number of nitrogens with one attached hydrogen (secondary N) is 1. The Labute approximate surface area is 229 Å². The fourth-order valence-electron chi connectivity index (χ4n) is 4.10. The van der Waals surface area contributed by atoms with Crippen molar-refractivity contribution in [2.24, 2.45) is 5.10 Å². The van der Waals surface area contributed by atoms with Crippen molar-refractivity contribution in [3.8, 4) is 17.3 Å². The van der Waals surface area contributed by atoms with Crippen molar-refractivity contribution in [1.29, 1.82) is 0 Å². The van der Waals surface area contributed by atoms with Crippen LogP contribution in [0.15, 0.2) is 58.3 Å². The molecule has 5 rings (SSSR count). The topological polar surface area (TPSA) is 168 Å². The quantitative estimate of drug-likeness (QED) is 0.219. The SMILES string of the molecule is COc1cc(C(C)=NNC(=O)c2c(CN3CCOCC3)nnn2-c2nonc2N)ccc1OCc1ccccc1. The number of nitrogens with two attached hydrogens (primary N) is 1. The maximum Gasteiger partial charge on any atom is 0.292 e. The van der Waals surface area contributed by atoms with E-state index in [2.05, 4.69) is 36.1 Å². The zero-order chi connectivity index (χ0) is 27.9. The monoisotopic (exact) mass is 547 g/mol. The predicted molar refractivity (Wildman–Crippen MR) is 143 cm³/mol. The first-order valence-corrected chi connectivity index (χ1v) is 12.6. The van der Waals surface area contributed by atoms with Gasteiger partial charge in [-0.25, -0.2) is 10.1 Å². The van der Waals surface area contributed by atoms with Crippen molar-refractivity contribution in [2.75, 3.05) is 39.1 Å². The van der Waals surface area contributed by atoms with Crippen LogP contribution in [0.2, 0.25) is 0 Å². The summed E-state index contributed by atoms with van der Waals surface area (Å²) in [6.45, 7) is 5.14. The van der Waals surface area contributed by atoms with E-state index in [9.17, 15) is 4.79 Å². The summed E-state index contributed by atoms with van der Waals surface area (Å²) >= 11 is 0. The summed E-state index contributed by atoms with van der Waals surface area (Å²) in [6, 6.07) is 15.3. The average Bonchev–Trinajstić information content (AvgIpc) is 3.61. The first kappa shape index (κ1) is 26.8. The number of nitrogen functional groups attached to an aromatic ring is 1. The number of anilines is 1. The van der Waals surface area contributed by atoms with Gasteiger partial charge in [-0.1, -0.05) is 35.5 Å². The number of hydrazone groups is 1. The lowest BCUT2D eigenvalue weighted by atomic mass is 10.1. The molecule has 2 aromatic heterocycles. The maximum atomic E-state index is 13.4. The Morgan fingerprint density at radius 1 is 1.12 bits per heavy atom. The second kappa shape index (κ2) is 12.4. The lowest BCUT2D eigenvalue weighted by Gasteiger charge is -2.25. The zero-order valence-corrected chi connectivity index (χ0v) is 22.1. The second-order valence-electron chi connectivity index (χ2n) is 8.94. The fraction of sp³-hybridized carbons (Fsp3) is 0.308. The van der Waals surface area contributed by atoms with Gasteiger partial charge in [-0.05, 0) is 41.0 Å². The molecule has 1 aliphatic heterocycles. The molecule has 0 radical (unpaired) electrons. The lowest BCUT2D eigenvalue weighted by Crippen LogP contribution is -2.36. The Hall–Kier alpha value is -4.82. The minimum atomic E-state index is -0.551. The number of benzene rings is 2. The minimum absolute atomic E-state index is 0.0294. The highest BCUT2D eigenvalue weighted by atomic mass is 16.6. The molecular formula is C26H29N9O5. The number of amides is 1. The Balaban J connectivity index is 1.34. The van der Waals surface area contributed by atoms with E-state index in [-0.39, 0.29) is 17.3 Å². The van der Waals surface area contributed by atoms with Gasteiger partial charge in [-0.2, -0.15) is 9.78 Å². The Kier molecular flexibility index (Phi) is 8.27. The van der Waals surface area contributed by atoms with Gasteiger partial charge in [-0.3, -0.25) is 9.69 Å². The molecule has 1 aliphatic rings. The van der Waals surface area contributed by atoms with Crippen LogP contribution >= 0.6 is 0 Å². The number of hydrogen-bond donors (Lipinski definition) is 2. The number of methoxy groups -OCH3 is 1. The summed E-state index contributed by atoms with van der Waals surface area (Å²) in [6.07, 6.45) is 0. The maximum absolute atomic E-state index is 13.4. The molecule has 3 heterocycles. The molecule has 0 unspecified atom stereocenters. The third-order valence-corrected chi connectivity index (χ3v) is 6.27. The molecule has 1 saturated heterocycles. The van der Waals surface area contributed by atoms with Crippen LogP contribution in [-0.2, 0) is 17.9 Å². The summed E-state index contributed by atoms with van der Waals surface area (Å²) in [7, 11) is 1.57. The van der Waals surface area contributed by atoms with Crippen molar-refractivity contribution in [1.82, 2.24) is 35.6 Å². The number of carbonyl (C=O) groups excluding carboxylic acids is 1. The highest BCUT2D eigenvalue weighted by Crippen LogP contribution is 2.29. The number of morpholine rings is 1. The molecule has 4 aromatic rings. The number of carbonyl (C=O) groups is 1. The smallest absolute Gasteiger partial charge is 0.292 e. The summed E-state index contributed by atoms with van der Waals surface area (Å²) in [4.78, 5) is 15.5. The third kappa shape index (κ3) is 6.08. The van der Waals surface area contributed by atoms with E-state index in [0.29, 0.717) is 62.4 Å². The number of rotatable bonds is 10. The zero-order valence-electron chi connectivity index (χ0n) is 22.1. The van der Waals surface area contributed by atoms with E-state index >= 15 is 0 Å². The van der Waals surface area contributed by atoms with E-state index < -0.39 is 5.91 Å². The molecule has 1 amide bonds. The van der Waals surface area contributed by atoms with Crippen molar-refractivity contribution in [3.05, 3.63) is 71.0 Å². The standard InChI is InChI=1S/C26H29N9O5/c1-17(19-8-9-21(22(14-19)37-2)39-16-18-6-4-3-5-7-18)28-30-26(36)23-20(15-34-10-12-38-13-11-34)29-33-35(23)25-24(27)31-40-32-25/h3-9,14H,10-13,15-16H2,1-2H3,(H2,27,31)(H,30,36). The van der Waals surface area contributed by atoms with Gasteiger partial charge in [0.15, 0.2) is 17.2 Å². The molecule has 0 spiro atoms. The fourth-order valence-corrected chi connectivity index (χ4v) is 4.10. The van der Waals surface area contributed by atoms with Crippen LogP contribution in [0.4, 0.5) is 5.82 Å². The molecule has 0 atom stereocenters. The molecule has 0 saturated carbocycles. The van der Waals surface area contributed by atoms with Crippen LogP contribution in [0.3, 0.4) is 0 Å². The molecule has 40 heavy (non-hydrogen) atoms. The Bertz CT molecular complexity index is 1480. The van der Waals surface area contributed by atoms with Gasteiger partial charge < -0.3 is 19.9 Å². The summed E-state index contributed by atoms with van der Waals surface area (Å²) in [5, 5.41) is 20.0. The van der Waals surface area contributed by atoms with Gasteiger partial charge in [-0.15, -0.1) is 5.10 Å². The number of ether oxygens (including phenoxy) is 3. The molecule has 2 aromatic carbocycles.